The van der Waals surface area contributed by atoms with Crippen LogP contribution in [0.15, 0.2) is 65.8 Å². The van der Waals surface area contributed by atoms with Crippen LogP contribution in [0.1, 0.15) is 5.56 Å². The van der Waals surface area contributed by atoms with E-state index in [1.54, 1.807) is 19.4 Å². The monoisotopic (exact) mass is 361 g/mol. The molecule has 3 aromatic rings. The van der Waals surface area contributed by atoms with Gasteiger partial charge in [0.05, 0.1) is 32.1 Å². The summed E-state index contributed by atoms with van der Waals surface area (Å²) in [6.45, 7) is 3.39. The van der Waals surface area contributed by atoms with Crippen LogP contribution in [-0.2, 0) is 0 Å². The quantitative estimate of drug-likeness (QED) is 0.720. The van der Waals surface area contributed by atoms with Crippen molar-refractivity contribution in [2.24, 2.45) is 5.10 Å². The number of aromatic hydroxyl groups is 1. The van der Waals surface area contributed by atoms with Gasteiger partial charge in [0.25, 0.3) is 0 Å². The molecule has 1 aliphatic rings. The lowest BCUT2D eigenvalue weighted by molar-refractivity contribution is 0.271. The SMILES string of the molecule is COc1ccccc1N1CCN(/N=C\c2c(O)ccc3ccccc23)CC1. The third kappa shape index (κ3) is 3.53. The van der Waals surface area contributed by atoms with Crippen molar-refractivity contribution in [2.45, 2.75) is 0 Å². The first-order valence-corrected chi connectivity index (χ1v) is 9.14. The molecule has 27 heavy (non-hydrogen) atoms. The topological polar surface area (TPSA) is 48.3 Å². The first kappa shape index (κ1) is 17.2. The summed E-state index contributed by atoms with van der Waals surface area (Å²) in [5, 5.41) is 19.0. The van der Waals surface area contributed by atoms with Gasteiger partial charge < -0.3 is 14.7 Å². The van der Waals surface area contributed by atoms with Crippen LogP contribution in [0.3, 0.4) is 0 Å². The number of para-hydroxylation sites is 2. The van der Waals surface area contributed by atoms with Gasteiger partial charge in [-0.1, -0.05) is 42.5 Å². The third-order valence-electron chi connectivity index (χ3n) is 4.98. The molecule has 5 heteroatoms. The van der Waals surface area contributed by atoms with Crippen molar-refractivity contribution in [2.75, 3.05) is 38.2 Å². The average molecular weight is 361 g/mol. The molecule has 1 N–H and O–H groups in total. The van der Waals surface area contributed by atoms with Crippen molar-refractivity contribution in [3.8, 4) is 11.5 Å². The van der Waals surface area contributed by atoms with Gasteiger partial charge in [-0.3, -0.25) is 5.01 Å². The van der Waals surface area contributed by atoms with E-state index in [-0.39, 0.29) is 5.75 Å². The molecule has 0 aliphatic carbocycles. The molecule has 138 valence electrons. The van der Waals surface area contributed by atoms with E-state index in [4.69, 9.17) is 4.74 Å². The van der Waals surface area contributed by atoms with Crippen molar-refractivity contribution >= 4 is 22.7 Å². The molecule has 0 spiro atoms. The highest BCUT2D eigenvalue weighted by Gasteiger charge is 2.18. The Morgan fingerprint density at radius 3 is 2.48 bits per heavy atom. The molecule has 0 atom stereocenters. The molecule has 4 rings (SSSR count). The minimum Gasteiger partial charge on any atom is -0.507 e. The standard InChI is InChI=1S/C22H23N3O2/c1-27-22-9-5-4-8-20(22)24-12-14-25(15-13-24)23-16-19-18-7-3-2-6-17(18)10-11-21(19)26/h2-11,16,26H,12-15H2,1H3/b23-16-. The Bertz CT molecular complexity index is 963. The molecule has 1 aliphatic heterocycles. The summed E-state index contributed by atoms with van der Waals surface area (Å²) >= 11 is 0. The Labute approximate surface area is 159 Å². The van der Waals surface area contributed by atoms with Crippen LogP contribution in [0.2, 0.25) is 0 Å². The van der Waals surface area contributed by atoms with Gasteiger partial charge in [0, 0.05) is 18.7 Å². The summed E-state index contributed by atoms with van der Waals surface area (Å²) in [6.07, 6.45) is 1.77. The van der Waals surface area contributed by atoms with Gasteiger partial charge in [-0.15, -0.1) is 0 Å². The van der Waals surface area contributed by atoms with Crippen LogP contribution in [0.5, 0.6) is 11.5 Å². The number of phenolic OH excluding ortho intramolecular Hbond substituents is 1. The van der Waals surface area contributed by atoms with Gasteiger partial charge >= 0.3 is 0 Å². The van der Waals surface area contributed by atoms with E-state index in [9.17, 15) is 5.11 Å². The van der Waals surface area contributed by atoms with Crippen molar-refractivity contribution < 1.29 is 9.84 Å². The second-order valence-electron chi connectivity index (χ2n) is 6.58. The van der Waals surface area contributed by atoms with E-state index < -0.39 is 0 Å². The Morgan fingerprint density at radius 1 is 0.926 bits per heavy atom. The van der Waals surface area contributed by atoms with Gasteiger partial charge in [-0.05, 0) is 29.0 Å². The van der Waals surface area contributed by atoms with Crippen LogP contribution >= 0.6 is 0 Å². The molecule has 0 radical (unpaired) electrons. The highest BCUT2D eigenvalue weighted by atomic mass is 16.5. The number of rotatable bonds is 4. The highest BCUT2D eigenvalue weighted by molar-refractivity contribution is 6.02. The maximum Gasteiger partial charge on any atom is 0.142 e. The number of methoxy groups -OCH3 is 1. The number of phenols is 1. The van der Waals surface area contributed by atoms with Gasteiger partial charge in [-0.25, -0.2) is 0 Å². The molecule has 1 heterocycles. The zero-order chi connectivity index (χ0) is 18.6. The molecule has 3 aromatic carbocycles. The van der Waals surface area contributed by atoms with E-state index in [0.29, 0.717) is 0 Å². The molecule has 0 amide bonds. The van der Waals surface area contributed by atoms with Crippen LogP contribution in [0.4, 0.5) is 5.69 Å². The van der Waals surface area contributed by atoms with Crippen molar-refractivity contribution in [1.29, 1.82) is 0 Å². The van der Waals surface area contributed by atoms with Gasteiger partial charge in [-0.2, -0.15) is 5.10 Å². The second-order valence-corrected chi connectivity index (χ2v) is 6.58. The molecule has 0 bridgehead atoms. The number of ether oxygens (including phenoxy) is 1. The smallest absolute Gasteiger partial charge is 0.142 e. The van der Waals surface area contributed by atoms with Gasteiger partial charge in [0.2, 0.25) is 0 Å². The fourth-order valence-corrected chi connectivity index (χ4v) is 3.50. The fourth-order valence-electron chi connectivity index (χ4n) is 3.50. The number of hydrazone groups is 1. The molecular weight excluding hydrogens is 338 g/mol. The van der Waals surface area contributed by atoms with E-state index in [1.165, 1.54) is 0 Å². The predicted molar refractivity (Wildman–Crippen MR) is 110 cm³/mol. The maximum atomic E-state index is 10.3. The molecule has 1 fully saturated rings. The molecule has 0 saturated carbocycles. The molecule has 0 aromatic heterocycles. The van der Waals surface area contributed by atoms with Crippen LogP contribution in [-0.4, -0.2) is 49.6 Å². The number of hydrogen-bond donors (Lipinski definition) is 1. The van der Waals surface area contributed by atoms with E-state index in [0.717, 1.165) is 54.0 Å². The summed E-state index contributed by atoms with van der Waals surface area (Å²) in [7, 11) is 1.70. The summed E-state index contributed by atoms with van der Waals surface area (Å²) in [4.78, 5) is 2.32. The first-order valence-electron chi connectivity index (χ1n) is 9.14. The Kier molecular flexibility index (Phi) is 4.83. The molecule has 0 unspecified atom stereocenters. The largest absolute Gasteiger partial charge is 0.507 e. The number of hydrogen-bond acceptors (Lipinski definition) is 5. The Morgan fingerprint density at radius 2 is 1.67 bits per heavy atom. The van der Waals surface area contributed by atoms with Gasteiger partial charge in [0.1, 0.15) is 11.5 Å². The number of benzene rings is 3. The zero-order valence-electron chi connectivity index (χ0n) is 15.4. The number of anilines is 1. The minimum absolute atomic E-state index is 0.255. The highest BCUT2D eigenvalue weighted by Crippen LogP contribution is 2.29. The number of fused-ring (bicyclic) bond motifs is 1. The summed E-state index contributed by atoms with van der Waals surface area (Å²) in [5.74, 6) is 1.15. The van der Waals surface area contributed by atoms with Crippen molar-refractivity contribution in [3.05, 3.63) is 66.2 Å². The third-order valence-corrected chi connectivity index (χ3v) is 4.98. The van der Waals surface area contributed by atoms with E-state index in [1.807, 2.05) is 53.5 Å². The predicted octanol–water partition coefficient (Wildman–Crippen LogP) is 3.71. The van der Waals surface area contributed by atoms with Crippen LogP contribution in [0, 0.1) is 0 Å². The van der Waals surface area contributed by atoms with Crippen molar-refractivity contribution in [1.82, 2.24) is 5.01 Å². The minimum atomic E-state index is 0.255. The molecule has 1 saturated heterocycles. The lowest BCUT2D eigenvalue weighted by Crippen LogP contribution is -2.44. The normalized spacial score (nSPS) is 14.9. The lowest BCUT2D eigenvalue weighted by atomic mass is 10.0. The summed E-state index contributed by atoms with van der Waals surface area (Å²) in [6, 6.07) is 19.8. The van der Waals surface area contributed by atoms with E-state index in [2.05, 4.69) is 16.1 Å². The number of nitrogens with zero attached hydrogens (tertiary/aromatic N) is 3. The van der Waals surface area contributed by atoms with Crippen LogP contribution in [0.25, 0.3) is 10.8 Å². The maximum absolute atomic E-state index is 10.3. The number of piperazine rings is 1. The van der Waals surface area contributed by atoms with Crippen molar-refractivity contribution in [3.63, 3.8) is 0 Å². The summed E-state index contributed by atoms with van der Waals surface area (Å²) in [5.41, 5.74) is 1.88. The summed E-state index contributed by atoms with van der Waals surface area (Å²) < 4.78 is 5.47. The zero-order valence-corrected chi connectivity index (χ0v) is 15.4. The average Bonchev–Trinajstić information content (AvgIpc) is 2.73. The Balaban J connectivity index is 1.48. The van der Waals surface area contributed by atoms with Gasteiger partial charge in [0.15, 0.2) is 0 Å². The lowest BCUT2D eigenvalue weighted by Gasteiger charge is -2.35. The van der Waals surface area contributed by atoms with E-state index >= 15 is 0 Å². The van der Waals surface area contributed by atoms with Crippen LogP contribution < -0.4 is 9.64 Å². The molecule has 5 nitrogen and oxygen atoms in total. The molecular formula is C22H23N3O2. The first-order chi connectivity index (χ1) is 13.3. The second kappa shape index (κ2) is 7.58. The Hall–Kier alpha value is -3.21. The fraction of sp³-hybridized carbons (Fsp3) is 0.227.